The summed E-state index contributed by atoms with van der Waals surface area (Å²) in [6, 6.07) is -0.604. The molecule has 52 valence electrons. The van der Waals surface area contributed by atoms with Crippen LogP contribution in [-0.2, 0) is 4.79 Å². The predicted octanol–water partition coefficient (Wildman–Crippen LogP) is -1.09. The molecule has 4 N–H and O–H groups in total. The van der Waals surface area contributed by atoms with Gasteiger partial charge in [0.25, 0.3) is 0 Å². The van der Waals surface area contributed by atoms with Gasteiger partial charge in [0.05, 0.1) is 11.8 Å². The number of nitrogens with one attached hydrogen (secondary N) is 1. The molecule has 0 rings (SSSR count). The van der Waals surface area contributed by atoms with Crippen molar-refractivity contribution in [2.75, 3.05) is 6.61 Å². The molecule has 0 aliphatic carbocycles. The molecule has 0 aromatic rings. The van der Waals surface area contributed by atoms with Gasteiger partial charge in [-0.05, 0) is 6.42 Å². The molecule has 0 saturated heterocycles. The van der Waals surface area contributed by atoms with Crippen LogP contribution >= 0.6 is 0 Å². The van der Waals surface area contributed by atoms with E-state index >= 15 is 0 Å². The SMILES string of the molecule is N=C(C=O)C(N)CCO. The van der Waals surface area contributed by atoms with E-state index in [0.29, 0.717) is 6.29 Å². The van der Waals surface area contributed by atoms with Crippen LogP contribution in [0.2, 0.25) is 0 Å². The first-order chi connectivity index (χ1) is 4.22. The van der Waals surface area contributed by atoms with Crippen molar-refractivity contribution in [1.29, 1.82) is 5.41 Å². The maximum absolute atomic E-state index is 9.83. The minimum absolute atomic E-state index is 0.0859. The number of hydrogen-bond donors (Lipinski definition) is 3. The maximum atomic E-state index is 9.83. The standard InChI is InChI=1S/C5H10N2O2/c6-4(1-2-8)5(7)3-9/h3-4,7-8H,1-2,6H2. The molecule has 0 saturated carbocycles. The van der Waals surface area contributed by atoms with Crippen molar-refractivity contribution >= 4 is 12.0 Å². The van der Waals surface area contributed by atoms with Crippen LogP contribution in [0.4, 0.5) is 0 Å². The molecule has 0 amide bonds. The Morgan fingerprint density at radius 3 is 2.78 bits per heavy atom. The lowest BCUT2D eigenvalue weighted by atomic mass is 10.1. The van der Waals surface area contributed by atoms with E-state index in [-0.39, 0.29) is 18.7 Å². The second-order valence-corrected chi connectivity index (χ2v) is 1.69. The zero-order chi connectivity index (χ0) is 7.28. The van der Waals surface area contributed by atoms with Crippen LogP contribution in [0.3, 0.4) is 0 Å². The number of nitrogens with two attached hydrogens (primary N) is 1. The highest BCUT2D eigenvalue weighted by Crippen LogP contribution is 1.85. The third-order valence-electron chi connectivity index (χ3n) is 0.967. The van der Waals surface area contributed by atoms with Crippen LogP contribution in [0.1, 0.15) is 6.42 Å². The quantitative estimate of drug-likeness (QED) is 0.334. The van der Waals surface area contributed by atoms with Crippen molar-refractivity contribution < 1.29 is 9.90 Å². The Balaban J connectivity index is 3.58. The number of hydrogen-bond acceptors (Lipinski definition) is 4. The molecule has 0 radical (unpaired) electrons. The topological polar surface area (TPSA) is 87.2 Å². The fraction of sp³-hybridized carbons (Fsp3) is 0.600. The summed E-state index contributed by atoms with van der Waals surface area (Å²) in [6.45, 7) is -0.0859. The average molecular weight is 130 g/mol. The summed E-state index contributed by atoms with van der Waals surface area (Å²) in [5.74, 6) is 0. The zero-order valence-electron chi connectivity index (χ0n) is 5.00. The van der Waals surface area contributed by atoms with Gasteiger partial charge in [0, 0.05) is 6.61 Å². The summed E-state index contributed by atoms with van der Waals surface area (Å²) >= 11 is 0. The lowest BCUT2D eigenvalue weighted by Crippen LogP contribution is -2.31. The van der Waals surface area contributed by atoms with Crippen LogP contribution in [-0.4, -0.2) is 29.8 Å². The number of carbonyl (C=O) groups excluding carboxylic acids is 1. The van der Waals surface area contributed by atoms with E-state index in [1.807, 2.05) is 0 Å². The monoisotopic (exact) mass is 130 g/mol. The number of aliphatic hydroxyl groups is 1. The van der Waals surface area contributed by atoms with Crippen molar-refractivity contribution in [3.8, 4) is 0 Å². The largest absolute Gasteiger partial charge is 0.396 e. The number of aldehydes is 1. The van der Waals surface area contributed by atoms with Crippen molar-refractivity contribution in [3.05, 3.63) is 0 Å². The molecule has 9 heavy (non-hydrogen) atoms. The predicted molar refractivity (Wildman–Crippen MR) is 33.5 cm³/mol. The fourth-order valence-electron chi connectivity index (χ4n) is 0.382. The molecule has 0 aromatic heterocycles. The summed E-state index contributed by atoms with van der Waals surface area (Å²) in [7, 11) is 0. The van der Waals surface area contributed by atoms with Crippen LogP contribution in [0.5, 0.6) is 0 Å². The van der Waals surface area contributed by atoms with Gasteiger partial charge in [-0.2, -0.15) is 0 Å². The lowest BCUT2D eigenvalue weighted by molar-refractivity contribution is -0.102. The van der Waals surface area contributed by atoms with E-state index in [9.17, 15) is 4.79 Å². The van der Waals surface area contributed by atoms with E-state index in [4.69, 9.17) is 16.2 Å². The molecule has 1 unspecified atom stereocenters. The van der Waals surface area contributed by atoms with Gasteiger partial charge in [-0.3, -0.25) is 4.79 Å². The molecule has 4 heteroatoms. The Morgan fingerprint density at radius 1 is 1.89 bits per heavy atom. The van der Waals surface area contributed by atoms with Gasteiger partial charge in [0.1, 0.15) is 0 Å². The highest BCUT2D eigenvalue weighted by Gasteiger charge is 2.05. The van der Waals surface area contributed by atoms with Crippen LogP contribution in [0.15, 0.2) is 0 Å². The second-order valence-electron chi connectivity index (χ2n) is 1.69. The molecule has 0 aliphatic rings. The van der Waals surface area contributed by atoms with Gasteiger partial charge in [0.2, 0.25) is 0 Å². The molecule has 0 aliphatic heterocycles. The van der Waals surface area contributed by atoms with Gasteiger partial charge in [-0.15, -0.1) is 0 Å². The second kappa shape index (κ2) is 4.17. The normalized spacial score (nSPS) is 12.7. The summed E-state index contributed by atoms with van der Waals surface area (Å²) in [6.07, 6.45) is 0.665. The molecule has 0 fully saturated rings. The Kier molecular flexibility index (Phi) is 3.83. The summed E-state index contributed by atoms with van der Waals surface area (Å²) in [5, 5.41) is 15.1. The number of aliphatic hydroxyl groups excluding tert-OH is 1. The van der Waals surface area contributed by atoms with Gasteiger partial charge in [-0.1, -0.05) is 0 Å². The van der Waals surface area contributed by atoms with Gasteiger partial charge >= 0.3 is 0 Å². The first-order valence-corrected chi connectivity index (χ1v) is 2.62. The van der Waals surface area contributed by atoms with E-state index in [1.165, 1.54) is 0 Å². The zero-order valence-corrected chi connectivity index (χ0v) is 5.00. The van der Waals surface area contributed by atoms with Crippen LogP contribution < -0.4 is 5.73 Å². The smallest absolute Gasteiger partial charge is 0.165 e. The van der Waals surface area contributed by atoms with E-state index in [2.05, 4.69) is 0 Å². The Labute approximate surface area is 53.2 Å². The van der Waals surface area contributed by atoms with Crippen LogP contribution in [0.25, 0.3) is 0 Å². The number of carbonyl (C=O) groups is 1. The van der Waals surface area contributed by atoms with Gasteiger partial charge < -0.3 is 16.2 Å². The van der Waals surface area contributed by atoms with Gasteiger partial charge in [-0.25, -0.2) is 0 Å². The summed E-state index contributed by atoms with van der Waals surface area (Å²) in [4.78, 5) is 9.83. The summed E-state index contributed by atoms with van der Waals surface area (Å²) < 4.78 is 0. The molecule has 0 heterocycles. The minimum atomic E-state index is -0.604. The lowest BCUT2D eigenvalue weighted by Gasteiger charge is -2.03. The third kappa shape index (κ3) is 2.94. The van der Waals surface area contributed by atoms with Crippen molar-refractivity contribution in [2.45, 2.75) is 12.5 Å². The number of rotatable bonds is 4. The Hall–Kier alpha value is -0.740. The third-order valence-corrected chi connectivity index (χ3v) is 0.967. The first-order valence-electron chi connectivity index (χ1n) is 2.62. The van der Waals surface area contributed by atoms with E-state index < -0.39 is 6.04 Å². The highest BCUT2D eigenvalue weighted by atomic mass is 16.3. The molecular formula is C5H10N2O2. The molecule has 4 nitrogen and oxygen atoms in total. The molecule has 0 spiro atoms. The van der Waals surface area contributed by atoms with Crippen LogP contribution in [0, 0.1) is 5.41 Å². The van der Waals surface area contributed by atoms with Gasteiger partial charge in [0.15, 0.2) is 6.29 Å². The molecule has 1 atom stereocenters. The average Bonchev–Trinajstić information content (AvgIpc) is 1.87. The summed E-state index contributed by atoms with van der Waals surface area (Å²) in [5.41, 5.74) is 5.06. The highest BCUT2D eigenvalue weighted by molar-refractivity contribution is 6.29. The Morgan fingerprint density at radius 2 is 2.44 bits per heavy atom. The molecule has 0 bridgehead atoms. The minimum Gasteiger partial charge on any atom is -0.396 e. The van der Waals surface area contributed by atoms with E-state index in [1.54, 1.807) is 0 Å². The van der Waals surface area contributed by atoms with Crippen molar-refractivity contribution in [3.63, 3.8) is 0 Å². The Bertz CT molecular complexity index is 114. The molecule has 0 aromatic carbocycles. The van der Waals surface area contributed by atoms with E-state index in [0.717, 1.165) is 0 Å². The van der Waals surface area contributed by atoms with Crippen molar-refractivity contribution in [2.24, 2.45) is 5.73 Å². The maximum Gasteiger partial charge on any atom is 0.165 e. The van der Waals surface area contributed by atoms with Crippen molar-refractivity contribution in [1.82, 2.24) is 0 Å². The fourth-order valence-corrected chi connectivity index (χ4v) is 0.382. The first kappa shape index (κ1) is 8.26. The molecular weight excluding hydrogens is 120 g/mol.